The molecule has 684 valence electrons. The Morgan fingerprint density at radius 1 is 0.669 bits per heavy atom. The van der Waals surface area contributed by atoms with E-state index in [-0.39, 0.29) is 60.7 Å². The van der Waals surface area contributed by atoms with Crippen molar-refractivity contribution in [1.82, 2.24) is 42.5 Å². The van der Waals surface area contributed by atoms with Crippen molar-refractivity contribution in [2.75, 3.05) is 20.2 Å². The van der Waals surface area contributed by atoms with Crippen LogP contribution in [0.15, 0.2) is 109 Å². The zero-order valence-corrected chi connectivity index (χ0v) is 72.3. The average Bonchev–Trinajstić information content (AvgIpc) is 0.982. The molecule has 0 spiro atoms. The third kappa shape index (κ3) is 21.8. The van der Waals surface area contributed by atoms with Gasteiger partial charge in [-0.3, -0.25) is 33.6 Å². The van der Waals surface area contributed by atoms with E-state index >= 15 is 14.4 Å². The minimum atomic E-state index is -2.37. The predicted octanol–water partition coefficient (Wildman–Crippen LogP) is 3.40. The molecular weight excluding hydrogens is 1770 g/mol. The smallest absolute Gasteiger partial charge is 0.330 e. The Morgan fingerprint density at radius 2 is 1.32 bits per heavy atom. The highest BCUT2D eigenvalue weighted by atomic mass is 35.5. The Balaban J connectivity index is 1.01. The summed E-state index contributed by atoms with van der Waals surface area (Å²) in [4.78, 5) is 118. The summed E-state index contributed by atoms with van der Waals surface area (Å²) in [7, 11) is 1.47. The zero-order chi connectivity index (χ0) is 92.2. The standard InChI is InChI=1S/C84H96Cl4N10O28S/c1-32(2)17-48(91-6)76(112)98-64-66(105)37-9-14-52(46(87)20-37)120-54-22-39-23-55(73(54)125-83-71(110)69(108)74(57(30-99)123-83)126-82-70(109)68(107)67(106)56(122-82)29-92-28-41-11-16-58(127-41)36-7-12-44(85)45(86)19-36)121-53-15-10-38(21-47(53)88)72(124-60-27-84(5,90)75(111)34(4)119-60)65(93-31-100)80(116)97-63(81(117)118)43-24-40(101)25-51(103)61(43)42-18-35(8-13-50(42)102)33(3)94-78(114)62(39)96-77(113)49(26-59(89)104)95-79(64)115/h7-16,18-25,31-34,48-49,56-57,60,62-72,74-75,82-83,91-92,99,101-103,105-111H,17,26-30,90H2,1-6H3,(H2,89,104)(H,93,100)(H,94,114)(H,95,115)(H,96,113)(H,97,116)(H,98,112)(H,117,118)/t33?,34-,48+,49?,56+,57+,60?,62+,63?,64?,65-,66+,67-,68-,69+,70+,71+,72+,74+,75-,82-,83-,84-/m0/s1. The zero-order valence-electron chi connectivity index (χ0n) is 68.5. The second-order valence-corrected chi connectivity index (χ2v) is 34.7. The number of carbonyl (C=O) groups is 8. The maximum Gasteiger partial charge on any atom is 0.330 e. The van der Waals surface area contributed by atoms with Crippen LogP contribution >= 0.6 is 57.7 Å². The molecule has 8 heterocycles. The average molecular weight is 1870 g/mol. The van der Waals surface area contributed by atoms with Crippen molar-refractivity contribution in [3.8, 4) is 67.6 Å². The van der Waals surface area contributed by atoms with E-state index in [0.29, 0.717) is 10.0 Å². The van der Waals surface area contributed by atoms with Gasteiger partial charge in [0.2, 0.25) is 53.9 Å². The number of rotatable bonds is 22. The number of nitrogens with one attached hydrogen (secondary N) is 8. The summed E-state index contributed by atoms with van der Waals surface area (Å²) in [6, 6.07) is 9.83. The highest BCUT2D eigenvalue weighted by Crippen LogP contribution is 2.50. The largest absolute Gasteiger partial charge is 0.508 e. The number of nitrogens with two attached hydrogens (primary N) is 2. The Morgan fingerprint density at radius 3 is 1.95 bits per heavy atom. The second-order valence-electron chi connectivity index (χ2n) is 31.9. The number of halogens is 4. The SMILES string of the molecule is CN[C@H](CC(C)C)C(=O)NC1C(=O)NC(CC(N)=O)C(=O)N[C@H]2C(=O)NC(C)c3ccc(O)c(c3)-c3c(O)cc(O)cc3C(C(=O)O)NC(=O)[C@@H](NC=O)[C@H](OC3C[C@](C)(N)[C@@H](O)[C@H](C)O3)c3ccc(c(Cl)c3)Oc3cc2cc(c3O[C@@H]2O[C@H](CO)[C@@H](O[C@@H]3O[C@H](CNCc4ccc(-c5ccc(Cl)c(Cl)c5)s4)[C@H](O)[C@H](O)[C@H]3O)[C@H](O)[C@H]2O)Oc2ccc(cc2Cl)[C@H]1O. The summed E-state index contributed by atoms with van der Waals surface area (Å²) in [5.41, 5.74) is 9.36. The molecule has 9 bridgehead atoms. The molecule has 0 saturated carbocycles. The lowest BCUT2D eigenvalue weighted by molar-refractivity contribution is -0.350. The number of carboxylic acids is 1. The predicted molar refractivity (Wildman–Crippen MR) is 453 cm³/mol. The van der Waals surface area contributed by atoms with Gasteiger partial charge in [-0.1, -0.05) is 84.5 Å². The molecule has 5 unspecified atom stereocenters. The van der Waals surface area contributed by atoms with Crippen molar-refractivity contribution < 1.29 is 138 Å². The first-order valence-corrected chi connectivity index (χ1v) is 42.3. The quantitative estimate of drug-likeness (QED) is 0.0432. The summed E-state index contributed by atoms with van der Waals surface area (Å²) in [6.07, 6.45) is -28.7. The molecule has 43 heteroatoms. The molecule has 0 aliphatic carbocycles. The van der Waals surface area contributed by atoms with Gasteiger partial charge in [0.1, 0.15) is 114 Å². The van der Waals surface area contributed by atoms with Crippen LogP contribution in [0.1, 0.15) is 117 Å². The van der Waals surface area contributed by atoms with Crippen LogP contribution in [-0.2, 0) is 68.6 Å². The van der Waals surface area contributed by atoms with Crippen molar-refractivity contribution in [2.24, 2.45) is 17.4 Å². The van der Waals surface area contributed by atoms with Crippen molar-refractivity contribution in [2.45, 2.75) is 200 Å². The topological polar surface area (TPSA) is 601 Å². The van der Waals surface area contributed by atoms with Crippen LogP contribution in [0.4, 0.5) is 0 Å². The van der Waals surface area contributed by atoms with E-state index in [1.165, 1.54) is 69.5 Å². The Bertz CT molecular complexity index is 5250. The van der Waals surface area contributed by atoms with E-state index in [1.54, 1.807) is 18.2 Å². The summed E-state index contributed by atoms with van der Waals surface area (Å²) >= 11 is 28.3. The number of benzene rings is 6. The highest BCUT2D eigenvalue weighted by Gasteiger charge is 2.53. The van der Waals surface area contributed by atoms with E-state index < -0.39 is 267 Å². The number of phenols is 3. The molecule has 3 fully saturated rings. The number of thiophene rings is 1. The number of aliphatic hydroxyl groups excluding tert-OH is 8. The molecule has 7 aromatic rings. The fourth-order valence-electron chi connectivity index (χ4n) is 15.4. The molecule has 7 amide bonds. The Kier molecular flexibility index (Phi) is 30.9. The van der Waals surface area contributed by atoms with E-state index in [4.69, 9.17) is 95.8 Å². The van der Waals surface area contributed by atoms with Crippen LogP contribution in [0.3, 0.4) is 0 Å². The van der Waals surface area contributed by atoms with Crippen molar-refractivity contribution in [3.05, 3.63) is 162 Å². The normalized spacial score (nSPS) is 29.1. The van der Waals surface area contributed by atoms with Crippen LogP contribution in [-0.4, -0.2) is 239 Å². The number of aliphatic hydroxyl groups is 8. The number of primary amides is 1. The lowest BCUT2D eigenvalue weighted by Gasteiger charge is -2.46. The first kappa shape index (κ1) is 96.2. The maximum absolute atomic E-state index is 16.0. The first-order valence-electron chi connectivity index (χ1n) is 39.9. The van der Waals surface area contributed by atoms with Crippen LogP contribution in [0.25, 0.3) is 21.6 Å². The number of hydrogen-bond acceptors (Lipinski definition) is 31. The van der Waals surface area contributed by atoms with Crippen molar-refractivity contribution in [3.63, 3.8) is 0 Å². The number of aromatic hydroxyl groups is 3. The number of phenolic OH excluding ortho intramolecular Hbond substituents is 3. The molecule has 0 radical (unpaired) electrons. The molecule has 38 nitrogen and oxygen atoms in total. The summed E-state index contributed by atoms with van der Waals surface area (Å²) in [5, 5.41) is 160. The van der Waals surface area contributed by atoms with E-state index in [9.17, 15) is 85.3 Å². The molecule has 14 rings (SSSR count). The molecule has 127 heavy (non-hydrogen) atoms. The molecule has 3 saturated heterocycles. The Labute approximate surface area is 748 Å². The Hall–Kier alpha value is -9.90. The van der Waals surface area contributed by atoms with E-state index in [2.05, 4.69) is 42.5 Å². The number of hydrogen-bond donors (Lipinski definition) is 22. The van der Waals surface area contributed by atoms with Gasteiger partial charge in [-0.15, -0.1) is 11.3 Å². The number of carboxylic acid groups (broad SMARTS) is 1. The third-order valence-electron chi connectivity index (χ3n) is 22.1. The monoisotopic (exact) mass is 1860 g/mol. The van der Waals surface area contributed by atoms with Gasteiger partial charge >= 0.3 is 5.97 Å². The maximum atomic E-state index is 16.0. The first-order chi connectivity index (χ1) is 60.1. The van der Waals surface area contributed by atoms with Crippen LogP contribution in [0.2, 0.25) is 20.1 Å². The second kappa shape index (κ2) is 40.8. The number of aliphatic carboxylic acids is 1. The van der Waals surface area contributed by atoms with E-state index in [0.717, 1.165) is 63.8 Å². The van der Waals surface area contributed by atoms with Crippen molar-refractivity contribution in [1.29, 1.82) is 0 Å². The minimum absolute atomic E-state index is 0.0000922. The molecule has 1 aromatic heterocycles. The number of fused-ring (bicyclic) bond motifs is 16. The van der Waals surface area contributed by atoms with Crippen molar-refractivity contribution >= 4 is 106 Å². The molecule has 23 atom stereocenters. The molecule has 6 aromatic carbocycles. The van der Waals surface area contributed by atoms with E-state index in [1.807, 2.05) is 26.0 Å². The number of amides is 7. The molecule has 7 aliphatic rings. The number of likely N-dealkylation sites (N-methyl/N-ethyl adjacent to an activating group) is 1. The van der Waals surface area contributed by atoms with Gasteiger partial charge in [0.05, 0.1) is 57.4 Å². The third-order valence-corrected chi connectivity index (χ3v) is 24.6. The van der Waals surface area contributed by atoms with Gasteiger partial charge in [-0.05, 0) is 147 Å². The number of ether oxygens (including phenoxy) is 8. The lowest BCUT2D eigenvalue weighted by Crippen LogP contribution is -2.65. The fourth-order valence-corrected chi connectivity index (χ4v) is 17.1. The molecular formula is C84H96Cl4N10O28S. The van der Waals surface area contributed by atoms with Gasteiger partial charge in [0, 0.05) is 57.6 Å². The van der Waals surface area contributed by atoms with Crippen LogP contribution in [0.5, 0.6) is 46.0 Å². The summed E-state index contributed by atoms with van der Waals surface area (Å²) in [5.74, 6) is -14.6. The van der Waals surface area contributed by atoms with Crippen LogP contribution in [0, 0.1) is 5.92 Å². The summed E-state index contributed by atoms with van der Waals surface area (Å²) < 4.78 is 51.1. The lowest BCUT2D eigenvalue weighted by atomic mass is 9.86. The summed E-state index contributed by atoms with van der Waals surface area (Å²) in [6.45, 7) is 6.85. The van der Waals surface area contributed by atoms with Gasteiger partial charge in [-0.25, -0.2) is 4.79 Å². The van der Waals surface area contributed by atoms with Gasteiger partial charge in [-0.2, -0.15) is 0 Å². The van der Waals surface area contributed by atoms with Crippen LogP contribution < -0.4 is 68.2 Å². The van der Waals surface area contributed by atoms with Gasteiger partial charge in [0.15, 0.2) is 30.1 Å². The van der Waals surface area contributed by atoms with Gasteiger partial charge in [0.25, 0.3) is 0 Å². The highest BCUT2D eigenvalue weighted by molar-refractivity contribution is 7.15. The fraction of sp³-hybridized carbons (Fsp3) is 0.429. The number of carbonyl (C=O) groups excluding carboxylic acids is 7. The molecule has 7 aliphatic heterocycles. The molecule has 24 N–H and O–H groups in total. The van der Waals surface area contributed by atoms with Gasteiger partial charge < -0.3 is 153 Å². The minimum Gasteiger partial charge on any atom is -0.508 e.